The lowest BCUT2D eigenvalue weighted by Crippen LogP contribution is -2.32. The van der Waals surface area contributed by atoms with Gasteiger partial charge in [-0.15, -0.1) is 0 Å². The Labute approximate surface area is 241 Å². The molecule has 0 saturated heterocycles. The van der Waals surface area contributed by atoms with Gasteiger partial charge in [-0.25, -0.2) is 14.6 Å². The Morgan fingerprint density at radius 2 is 1.71 bits per heavy atom. The molecule has 3 aromatic heterocycles. The highest BCUT2D eigenvalue weighted by atomic mass is 19.4. The topological polar surface area (TPSA) is 102 Å². The van der Waals surface area contributed by atoms with Gasteiger partial charge in [0.25, 0.3) is 11.8 Å². The number of hydrogen-bond acceptors (Lipinski definition) is 5. The number of nitrogens with one attached hydrogen (secondary N) is 2. The normalized spacial score (nSPS) is 13.4. The molecule has 5 rings (SSSR count). The molecule has 0 unspecified atom stereocenters. The van der Waals surface area contributed by atoms with E-state index in [2.05, 4.69) is 20.7 Å². The number of rotatable bonds is 6. The number of benzene rings is 1. The van der Waals surface area contributed by atoms with Crippen LogP contribution in [-0.2, 0) is 19.0 Å². The van der Waals surface area contributed by atoms with Gasteiger partial charge in [0.1, 0.15) is 11.5 Å². The molecule has 0 spiro atoms. The molecule has 8 nitrogen and oxygen atoms in total. The van der Waals surface area contributed by atoms with Crippen LogP contribution in [0.25, 0.3) is 16.9 Å². The highest BCUT2D eigenvalue weighted by Gasteiger charge is 2.37. The Morgan fingerprint density at radius 1 is 0.976 bits per heavy atom. The molecule has 2 N–H and O–H groups in total. The maximum Gasteiger partial charge on any atom is 0.435 e. The monoisotopic (exact) mass is 576 g/mol. The van der Waals surface area contributed by atoms with E-state index in [4.69, 9.17) is 4.98 Å². The lowest BCUT2D eigenvalue weighted by atomic mass is 9.90. The first-order valence-electron chi connectivity index (χ1n) is 13.9. The number of carbonyl (C=O) groups is 2. The predicted molar refractivity (Wildman–Crippen MR) is 153 cm³/mol. The van der Waals surface area contributed by atoms with E-state index in [9.17, 15) is 22.8 Å². The SMILES string of the molecule is Cc1cccnc1-n1nc(C(F)(F)F)cc1C(=O)Nc1nc2c(c(-c3ccccc3)c1C(=O)NC(C)C)CCCCC2. The molecule has 0 aliphatic heterocycles. The van der Waals surface area contributed by atoms with Gasteiger partial charge in [0.2, 0.25) is 0 Å². The molecule has 1 aromatic carbocycles. The minimum absolute atomic E-state index is 0.0169. The van der Waals surface area contributed by atoms with Gasteiger partial charge in [0.05, 0.1) is 5.56 Å². The maximum absolute atomic E-state index is 13.8. The Hall–Kier alpha value is -4.54. The number of amides is 2. The third-order valence-corrected chi connectivity index (χ3v) is 7.08. The number of aryl methyl sites for hydroxylation is 2. The van der Waals surface area contributed by atoms with Crippen LogP contribution in [0.2, 0.25) is 0 Å². The van der Waals surface area contributed by atoms with Crippen LogP contribution >= 0.6 is 0 Å². The number of hydrogen-bond donors (Lipinski definition) is 2. The average Bonchev–Trinajstić information content (AvgIpc) is 3.27. The number of nitrogens with zero attached hydrogens (tertiary/aromatic N) is 4. The standard InChI is InChI=1S/C31H31F3N6O2/c1-18(2)36-30(42)26-25(20-12-6-4-7-13-20)21-14-8-5-9-15-22(21)37-27(26)38-29(41)23-17-24(31(32,33)34)39-40(23)28-19(3)11-10-16-35-28/h4,6-7,10-13,16-18H,5,8-9,14-15H2,1-3H3,(H,36,42)(H,37,38,41). The van der Waals surface area contributed by atoms with E-state index in [1.807, 2.05) is 44.2 Å². The summed E-state index contributed by atoms with van der Waals surface area (Å²) < 4.78 is 42.1. The largest absolute Gasteiger partial charge is 0.435 e. The molecule has 3 heterocycles. The summed E-state index contributed by atoms with van der Waals surface area (Å²) in [5, 5.41) is 9.29. The van der Waals surface area contributed by atoms with E-state index in [0.717, 1.165) is 40.8 Å². The summed E-state index contributed by atoms with van der Waals surface area (Å²) in [6.45, 7) is 5.30. The van der Waals surface area contributed by atoms with E-state index in [1.54, 1.807) is 19.1 Å². The van der Waals surface area contributed by atoms with Crippen molar-refractivity contribution in [3.8, 4) is 16.9 Å². The summed E-state index contributed by atoms with van der Waals surface area (Å²) in [5.74, 6) is -1.28. The molecule has 2 amide bonds. The number of anilines is 1. The second-order valence-corrected chi connectivity index (χ2v) is 10.6. The van der Waals surface area contributed by atoms with Crippen molar-refractivity contribution in [3.63, 3.8) is 0 Å². The second kappa shape index (κ2) is 11.8. The van der Waals surface area contributed by atoms with Crippen LogP contribution in [0.3, 0.4) is 0 Å². The van der Waals surface area contributed by atoms with Crippen molar-refractivity contribution in [3.05, 3.63) is 88.5 Å². The quantitative estimate of drug-likeness (QED) is 0.262. The number of pyridine rings is 2. The smallest absolute Gasteiger partial charge is 0.350 e. The minimum Gasteiger partial charge on any atom is -0.350 e. The Kier molecular flexibility index (Phi) is 8.11. The maximum atomic E-state index is 13.8. The van der Waals surface area contributed by atoms with Crippen LogP contribution in [0, 0.1) is 6.92 Å². The van der Waals surface area contributed by atoms with Gasteiger partial charge in [0.15, 0.2) is 11.5 Å². The fourth-order valence-electron chi connectivity index (χ4n) is 5.20. The highest BCUT2D eigenvalue weighted by molar-refractivity contribution is 6.11. The number of carbonyl (C=O) groups excluding carboxylic acids is 2. The molecule has 0 fully saturated rings. The second-order valence-electron chi connectivity index (χ2n) is 10.6. The molecule has 42 heavy (non-hydrogen) atoms. The van der Waals surface area contributed by atoms with Gasteiger partial charge < -0.3 is 10.6 Å². The summed E-state index contributed by atoms with van der Waals surface area (Å²) in [6.07, 6.45) is 0.773. The zero-order valence-electron chi connectivity index (χ0n) is 23.5. The van der Waals surface area contributed by atoms with Crippen LogP contribution in [0.15, 0.2) is 54.7 Å². The van der Waals surface area contributed by atoms with E-state index < -0.39 is 29.4 Å². The van der Waals surface area contributed by atoms with Gasteiger partial charge in [-0.2, -0.15) is 18.3 Å². The molecule has 4 aromatic rings. The molecule has 1 aliphatic rings. The molecule has 11 heteroatoms. The summed E-state index contributed by atoms with van der Waals surface area (Å²) in [4.78, 5) is 36.5. The third-order valence-electron chi connectivity index (χ3n) is 7.08. The molecule has 218 valence electrons. The fraction of sp³-hybridized carbons (Fsp3) is 0.323. The number of halogens is 3. The minimum atomic E-state index is -4.80. The molecule has 0 atom stereocenters. The zero-order valence-corrected chi connectivity index (χ0v) is 23.5. The van der Waals surface area contributed by atoms with Crippen molar-refractivity contribution in [1.82, 2.24) is 25.1 Å². The van der Waals surface area contributed by atoms with Gasteiger partial charge in [-0.3, -0.25) is 9.59 Å². The van der Waals surface area contributed by atoms with Crippen LogP contribution in [0.1, 0.15) is 76.5 Å². The van der Waals surface area contributed by atoms with E-state index in [1.165, 1.54) is 6.20 Å². The molecule has 0 saturated carbocycles. The third kappa shape index (κ3) is 5.90. The van der Waals surface area contributed by atoms with E-state index in [-0.39, 0.29) is 23.2 Å². The molecule has 0 bridgehead atoms. The lowest BCUT2D eigenvalue weighted by Gasteiger charge is -2.22. The van der Waals surface area contributed by atoms with Crippen molar-refractivity contribution in [2.24, 2.45) is 0 Å². The molecule has 1 aliphatic carbocycles. The highest BCUT2D eigenvalue weighted by Crippen LogP contribution is 2.37. The number of aromatic nitrogens is 4. The van der Waals surface area contributed by atoms with Crippen molar-refractivity contribution < 1.29 is 22.8 Å². The number of fused-ring (bicyclic) bond motifs is 1. The van der Waals surface area contributed by atoms with Gasteiger partial charge in [0, 0.05) is 29.6 Å². The average molecular weight is 577 g/mol. The lowest BCUT2D eigenvalue weighted by molar-refractivity contribution is -0.141. The predicted octanol–water partition coefficient (Wildman–Crippen LogP) is 6.32. The van der Waals surface area contributed by atoms with Crippen molar-refractivity contribution >= 4 is 17.6 Å². The van der Waals surface area contributed by atoms with E-state index >= 15 is 0 Å². The first kappa shape index (κ1) is 29.0. The van der Waals surface area contributed by atoms with Crippen LogP contribution in [-0.4, -0.2) is 37.6 Å². The summed E-state index contributed by atoms with van der Waals surface area (Å²) in [6, 6.07) is 13.2. The number of alkyl halides is 3. The summed E-state index contributed by atoms with van der Waals surface area (Å²) >= 11 is 0. The summed E-state index contributed by atoms with van der Waals surface area (Å²) in [7, 11) is 0. The van der Waals surface area contributed by atoms with Gasteiger partial charge in [-0.1, -0.05) is 42.8 Å². The van der Waals surface area contributed by atoms with Crippen LogP contribution in [0.4, 0.5) is 19.0 Å². The van der Waals surface area contributed by atoms with Crippen LogP contribution in [0.5, 0.6) is 0 Å². The molecular formula is C31H31F3N6O2. The summed E-state index contributed by atoms with van der Waals surface area (Å²) in [5.41, 5.74) is 2.21. The van der Waals surface area contributed by atoms with E-state index in [0.29, 0.717) is 30.0 Å². The Bertz CT molecular complexity index is 1630. The van der Waals surface area contributed by atoms with Crippen molar-refractivity contribution in [1.29, 1.82) is 0 Å². The first-order valence-corrected chi connectivity index (χ1v) is 13.9. The van der Waals surface area contributed by atoms with Gasteiger partial charge >= 0.3 is 6.18 Å². The molecule has 0 radical (unpaired) electrons. The Balaban J connectivity index is 1.70. The van der Waals surface area contributed by atoms with Crippen molar-refractivity contribution in [2.45, 2.75) is 65.1 Å². The fourth-order valence-corrected chi connectivity index (χ4v) is 5.20. The zero-order chi connectivity index (χ0) is 30.0. The first-order chi connectivity index (χ1) is 20.0. The molecular weight excluding hydrogens is 545 g/mol. The Morgan fingerprint density at radius 3 is 2.40 bits per heavy atom. The van der Waals surface area contributed by atoms with Crippen LogP contribution < -0.4 is 10.6 Å². The van der Waals surface area contributed by atoms with Crippen molar-refractivity contribution in [2.75, 3.05) is 5.32 Å². The van der Waals surface area contributed by atoms with Gasteiger partial charge in [-0.05, 0) is 69.2 Å².